The van der Waals surface area contributed by atoms with Crippen molar-refractivity contribution in [2.45, 2.75) is 38.3 Å². The molecule has 1 amide bonds. The van der Waals surface area contributed by atoms with E-state index in [1.165, 1.54) is 12.1 Å². The number of nitrogens with two attached hydrogens (primary N) is 1. The van der Waals surface area contributed by atoms with Crippen molar-refractivity contribution in [2.75, 3.05) is 6.54 Å². The van der Waals surface area contributed by atoms with E-state index in [0.717, 1.165) is 31.4 Å². The number of hydrogen-bond donors (Lipinski definition) is 1. The minimum atomic E-state index is -0.481. The second-order valence-corrected chi connectivity index (χ2v) is 4.88. The quantitative estimate of drug-likeness (QED) is 0.875. The van der Waals surface area contributed by atoms with Gasteiger partial charge in [-0.3, -0.25) is 4.79 Å². The van der Waals surface area contributed by atoms with Crippen molar-refractivity contribution >= 4 is 5.91 Å². The van der Waals surface area contributed by atoms with Gasteiger partial charge in [-0.1, -0.05) is 12.1 Å². The third-order valence-corrected chi connectivity index (χ3v) is 3.43. The number of likely N-dealkylation sites (tertiary alicyclic amines) is 1. The van der Waals surface area contributed by atoms with Gasteiger partial charge in [-0.05, 0) is 43.9 Å². The number of carbonyl (C=O) groups is 1. The third-order valence-electron chi connectivity index (χ3n) is 3.43. The molecule has 0 spiro atoms. The van der Waals surface area contributed by atoms with Gasteiger partial charge in [0.25, 0.3) is 0 Å². The van der Waals surface area contributed by atoms with Crippen LogP contribution in [0.15, 0.2) is 24.3 Å². The maximum atomic E-state index is 12.9. The summed E-state index contributed by atoms with van der Waals surface area (Å²) in [5.41, 5.74) is 6.67. The highest BCUT2D eigenvalue weighted by atomic mass is 19.1. The molecule has 3 nitrogen and oxygen atoms in total. The van der Waals surface area contributed by atoms with Crippen LogP contribution in [0.4, 0.5) is 4.39 Å². The molecule has 18 heavy (non-hydrogen) atoms. The molecule has 1 saturated heterocycles. The fourth-order valence-electron chi connectivity index (χ4n) is 2.49. The van der Waals surface area contributed by atoms with E-state index in [4.69, 9.17) is 5.73 Å². The Morgan fingerprint density at radius 1 is 1.39 bits per heavy atom. The Bertz CT molecular complexity index is 416. The van der Waals surface area contributed by atoms with E-state index in [1.54, 1.807) is 19.1 Å². The van der Waals surface area contributed by atoms with Crippen LogP contribution in [-0.4, -0.2) is 23.4 Å². The lowest BCUT2D eigenvalue weighted by atomic mass is 9.94. The van der Waals surface area contributed by atoms with Crippen LogP contribution in [0.3, 0.4) is 0 Å². The summed E-state index contributed by atoms with van der Waals surface area (Å²) in [6.07, 6.45) is 3.02. The summed E-state index contributed by atoms with van der Waals surface area (Å²) in [6, 6.07) is 5.96. The number of amides is 1. The molecule has 1 aromatic rings. The maximum absolute atomic E-state index is 12.9. The predicted octanol–water partition coefficient (Wildman–Crippen LogP) is 2.23. The molecule has 1 fully saturated rings. The molecule has 0 saturated carbocycles. The maximum Gasteiger partial charge on any atom is 0.239 e. The van der Waals surface area contributed by atoms with Crippen molar-refractivity contribution in [3.63, 3.8) is 0 Å². The molecule has 2 N–H and O–H groups in total. The highest BCUT2D eigenvalue weighted by Crippen LogP contribution is 2.31. The van der Waals surface area contributed by atoms with Gasteiger partial charge >= 0.3 is 0 Å². The first kappa shape index (κ1) is 13.0. The molecule has 2 rings (SSSR count). The van der Waals surface area contributed by atoms with Crippen molar-refractivity contribution in [1.29, 1.82) is 0 Å². The molecule has 1 heterocycles. The van der Waals surface area contributed by atoms with Gasteiger partial charge < -0.3 is 10.6 Å². The van der Waals surface area contributed by atoms with Gasteiger partial charge in [0.15, 0.2) is 0 Å². The van der Waals surface area contributed by atoms with E-state index < -0.39 is 6.04 Å². The van der Waals surface area contributed by atoms with E-state index in [2.05, 4.69) is 0 Å². The van der Waals surface area contributed by atoms with Crippen LogP contribution in [0.5, 0.6) is 0 Å². The summed E-state index contributed by atoms with van der Waals surface area (Å²) in [7, 11) is 0. The SMILES string of the molecule is C[C@@H](N)C(=O)N1CCCCC1c1ccc(F)cc1. The number of halogens is 1. The van der Waals surface area contributed by atoms with E-state index in [1.807, 2.05) is 4.90 Å². The largest absolute Gasteiger partial charge is 0.334 e. The van der Waals surface area contributed by atoms with Crippen LogP contribution in [-0.2, 0) is 4.79 Å². The Kier molecular flexibility index (Phi) is 3.97. The van der Waals surface area contributed by atoms with Gasteiger partial charge in [0.1, 0.15) is 5.82 Å². The lowest BCUT2D eigenvalue weighted by Gasteiger charge is -2.37. The highest BCUT2D eigenvalue weighted by molar-refractivity contribution is 5.81. The van der Waals surface area contributed by atoms with Gasteiger partial charge in [0.05, 0.1) is 12.1 Å². The molecule has 2 atom stereocenters. The van der Waals surface area contributed by atoms with E-state index in [0.29, 0.717) is 0 Å². The topological polar surface area (TPSA) is 46.3 Å². The summed E-state index contributed by atoms with van der Waals surface area (Å²) < 4.78 is 12.9. The summed E-state index contributed by atoms with van der Waals surface area (Å²) in [5, 5.41) is 0. The molecule has 1 aliphatic heterocycles. The second-order valence-electron chi connectivity index (χ2n) is 4.88. The Morgan fingerprint density at radius 3 is 2.67 bits per heavy atom. The summed E-state index contributed by atoms with van der Waals surface area (Å²) in [6.45, 7) is 2.45. The van der Waals surface area contributed by atoms with Gasteiger partial charge in [-0.15, -0.1) is 0 Å². The zero-order chi connectivity index (χ0) is 13.1. The third kappa shape index (κ3) is 2.70. The normalized spacial score (nSPS) is 21.7. The number of nitrogens with zero attached hydrogens (tertiary/aromatic N) is 1. The fourth-order valence-corrected chi connectivity index (χ4v) is 2.49. The van der Waals surface area contributed by atoms with Crippen LogP contribution < -0.4 is 5.73 Å². The van der Waals surface area contributed by atoms with Gasteiger partial charge in [-0.2, -0.15) is 0 Å². The Morgan fingerprint density at radius 2 is 2.06 bits per heavy atom. The first-order valence-corrected chi connectivity index (χ1v) is 6.41. The zero-order valence-electron chi connectivity index (χ0n) is 10.6. The van der Waals surface area contributed by atoms with Crippen molar-refractivity contribution in [3.05, 3.63) is 35.6 Å². The Labute approximate surface area is 107 Å². The van der Waals surface area contributed by atoms with Crippen LogP contribution in [0.1, 0.15) is 37.8 Å². The first-order chi connectivity index (χ1) is 8.59. The molecule has 1 aromatic carbocycles. The molecule has 98 valence electrons. The molecule has 4 heteroatoms. The van der Waals surface area contributed by atoms with Crippen molar-refractivity contribution in [2.24, 2.45) is 5.73 Å². The van der Waals surface area contributed by atoms with Crippen LogP contribution >= 0.6 is 0 Å². The van der Waals surface area contributed by atoms with Crippen molar-refractivity contribution in [3.8, 4) is 0 Å². The molecular formula is C14H19FN2O. The molecule has 0 bridgehead atoms. The number of rotatable bonds is 2. The van der Waals surface area contributed by atoms with Crippen molar-refractivity contribution < 1.29 is 9.18 Å². The van der Waals surface area contributed by atoms with Crippen LogP contribution in [0, 0.1) is 5.82 Å². The number of piperidine rings is 1. The first-order valence-electron chi connectivity index (χ1n) is 6.41. The second kappa shape index (κ2) is 5.48. The van der Waals surface area contributed by atoms with E-state index in [9.17, 15) is 9.18 Å². The number of benzene rings is 1. The highest BCUT2D eigenvalue weighted by Gasteiger charge is 2.29. The van der Waals surface area contributed by atoms with E-state index >= 15 is 0 Å². The predicted molar refractivity (Wildman–Crippen MR) is 68.4 cm³/mol. The smallest absolute Gasteiger partial charge is 0.239 e. The minimum absolute atomic E-state index is 0.0241. The zero-order valence-corrected chi connectivity index (χ0v) is 10.6. The van der Waals surface area contributed by atoms with Gasteiger partial charge in [0, 0.05) is 6.54 Å². The lowest BCUT2D eigenvalue weighted by Crippen LogP contribution is -2.46. The van der Waals surface area contributed by atoms with Crippen LogP contribution in [0.2, 0.25) is 0 Å². The minimum Gasteiger partial charge on any atom is -0.334 e. The number of carbonyl (C=O) groups excluding carboxylic acids is 1. The fraction of sp³-hybridized carbons (Fsp3) is 0.500. The number of hydrogen-bond acceptors (Lipinski definition) is 2. The van der Waals surface area contributed by atoms with E-state index in [-0.39, 0.29) is 17.8 Å². The average molecular weight is 250 g/mol. The molecule has 0 aliphatic carbocycles. The van der Waals surface area contributed by atoms with Crippen molar-refractivity contribution in [1.82, 2.24) is 4.90 Å². The average Bonchev–Trinajstić information content (AvgIpc) is 2.39. The molecule has 0 aromatic heterocycles. The molecule has 1 aliphatic rings. The molecule has 1 unspecified atom stereocenters. The molecular weight excluding hydrogens is 231 g/mol. The lowest BCUT2D eigenvalue weighted by molar-refractivity contribution is -0.136. The van der Waals surface area contributed by atoms with Crippen LogP contribution in [0.25, 0.3) is 0 Å². The summed E-state index contributed by atoms with van der Waals surface area (Å²) in [4.78, 5) is 13.9. The Balaban J connectivity index is 2.22. The monoisotopic (exact) mass is 250 g/mol. The Hall–Kier alpha value is -1.42. The summed E-state index contributed by atoms with van der Waals surface area (Å²) in [5.74, 6) is -0.274. The van der Waals surface area contributed by atoms with Gasteiger partial charge in [-0.25, -0.2) is 4.39 Å². The standard InChI is InChI=1S/C14H19FN2O/c1-10(16)14(18)17-9-3-2-4-13(17)11-5-7-12(15)8-6-11/h5-8,10,13H,2-4,9,16H2,1H3/t10-,13?/m1/s1. The summed E-state index contributed by atoms with van der Waals surface area (Å²) >= 11 is 0. The van der Waals surface area contributed by atoms with Gasteiger partial charge in [0.2, 0.25) is 5.91 Å². The molecule has 0 radical (unpaired) electrons.